The van der Waals surface area contributed by atoms with E-state index in [-0.39, 0.29) is 5.91 Å². The molecule has 1 aliphatic rings. The lowest BCUT2D eigenvalue weighted by Crippen LogP contribution is -2.38. The molecule has 1 amide bonds. The Morgan fingerprint density at radius 2 is 1.95 bits per heavy atom. The molecule has 0 saturated carbocycles. The summed E-state index contributed by atoms with van der Waals surface area (Å²) in [5, 5.41) is 1.04. The first kappa shape index (κ1) is 13.4. The molecule has 4 heteroatoms. The maximum atomic E-state index is 12.6. The molecule has 1 fully saturated rings. The number of amides is 1. The van der Waals surface area contributed by atoms with Crippen molar-refractivity contribution in [3.8, 4) is 0 Å². The van der Waals surface area contributed by atoms with E-state index < -0.39 is 0 Å². The molecule has 0 N–H and O–H groups in total. The third kappa shape index (κ3) is 2.52. The highest BCUT2D eigenvalue weighted by Gasteiger charge is 2.20. The van der Waals surface area contributed by atoms with Crippen LogP contribution in [0.2, 0.25) is 0 Å². The molecule has 3 rings (SSSR count). The normalized spacial score (nSPS) is 15.6. The van der Waals surface area contributed by atoms with E-state index in [4.69, 9.17) is 0 Å². The number of benzene rings is 1. The van der Waals surface area contributed by atoms with Crippen LogP contribution in [0, 0.1) is 13.8 Å². The third-order valence-corrected chi connectivity index (χ3v) is 4.63. The van der Waals surface area contributed by atoms with Gasteiger partial charge in [-0.05, 0) is 31.5 Å². The molecule has 2 heterocycles. The molecule has 20 heavy (non-hydrogen) atoms. The number of nitrogens with zero attached hydrogens (tertiary/aromatic N) is 2. The summed E-state index contributed by atoms with van der Waals surface area (Å²) in [4.78, 5) is 19.2. The Balaban J connectivity index is 2.00. The maximum Gasteiger partial charge on any atom is 0.255 e. The largest absolute Gasteiger partial charge is 0.337 e. The van der Waals surface area contributed by atoms with Crippen molar-refractivity contribution in [2.45, 2.75) is 13.8 Å². The van der Waals surface area contributed by atoms with Crippen molar-refractivity contribution < 1.29 is 4.79 Å². The number of thioether (sulfide) groups is 1. The van der Waals surface area contributed by atoms with E-state index in [0.717, 1.165) is 46.8 Å². The van der Waals surface area contributed by atoms with Gasteiger partial charge in [0.1, 0.15) is 0 Å². The van der Waals surface area contributed by atoms with Crippen LogP contribution >= 0.6 is 11.8 Å². The maximum absolute atomic E-state index is 12.6. The fourth-order valence-electron chi connectivity index (χ4n) is 2.53. The average molecular weight is 286 g/mol. The van der Waals surface area contributed by atoms with Gasteiger partial charge in [-0.3, -0.25) is 9.78 Å². The molecule has 0 radical (unpaired) electrons. The Hall–Kier alpha value is -1.55. The first-order valence-electron chi connectivity index (χ1n) is 6.90. The highest BCUT2D eigenvalue weighted by atomic mass is 32.2. The summed E-state index contributed by atoms with van der Waals surface area (Å²) in [7, 11) is 0. The summed E-state index contributed by atoms with van der Waals surface area (Å²) >= 11 is 1.91. The molecular weight excluding hydrogens is 268 g/mol. The summed E-state index contributed by atoms with van der Waals surface area (Å²) in [5.41, 5.74) is 3.73. The van der Waals surface area contributed by atoms with Gasteiger partial charge < -0.3 is 4.90 Å². The second-order valence-corrected chi connectivity index (χ2v) is 6.45. The molecule has 0 bridgehead atoms. The van der Waals surface area contributed by atoms with Crippen molar-refractivity contribution in [1.82, 2.24) is 9.88 Å². The molecule has 1 aliphatic heterocycles. The number of carbonyl (C=O) groups excluding carboxylic acids is 1. The SMILES string of the molecule is Cc1ccc2cc(C(=O)N3CCSCC3)c(C)nc2c1. The van der Waals surface area contributed by atoms with Crippen LogP contribution in [0.1, 0.15) is 21.6 Å². The molecular formula is C16H18N2OS. The molecule has 2 aromatic rings. The van der Waals surface area contributed by atoms with E-state index in [2.05, 4.69) is 24.0 Å². The minimum atomic E-state index is 0.123. The lowest BCUT2D eigenvalue weighted by Gasteiger charge is -2.27. The Bertz CT molecular complexity index is 663. The lowest BCUT2D eigenvalue weighted by molar-refractivity contribution is 0.0771. The van der Waals surface area contributed by atoms with Crippen LogP contribution in [-0.2, 0) is 0 Å². The minimum Gasteiger partial charge on any atom is -0.337 e. The van der Waals surface area contributed by atoms with Crippen LogP contribution in [0.25, 0.3) is 10.9 Å². The predicted octanol–water partition coefficient (Wildman–Crippen LogP) is 3.04. The van der Waals surface area contributed by atoms with Crippen LogP contribution in [0.3, 0.4) is 0 Å². The van der Waals surface area contributed by atoms with Crippen LogP contribution in [0.5, 0.6) is 0 Å². The van der Waals surface area contributed by atoms with E-state index in [9.17, 15) is 4.79 Å². The van der Waals surface area contributed by atoms with Crippen molar-refractivity contribution in [3.05, 3.63) is 41.1 Å². The number of hydrogen-bond donors (Lipinski definition) is 0. The average Bonchev–Trinajstić information content (AvgIpc) is 2.46. The molecule has 1 aromatic carbocycles. The van der Waals surface area contributed by atoms with E-state index in [0.29, 0.717) is 0 Å². The van der Waals surface area contributed by atoms with Crippen molar-refractivity contribution >= 4 is 28.6 Å². The van der Waals surface area contributed by atoms with Gasteiger partial charge in [0.05, 0.1) is 16.8 Å². The second-order valence-electron chi connectivity index (χ2n) is 5.22. The van der Waals surface area contributed by atoms with Gasteiger partial charge in [0.2, 0.25) is 0 Å². The molecule has 1 saturated heterocycles. The van der Waals surface area contributed by atoms with Gasteiger partial charge in [-0.15, -0.1) is 0 Å². The van der Waals surface area contributed by atoms with Crippen LogP contribution in [-0.4, -0.2) is 40.4 Å². The summed E-state index contributed by atoms with van der Waals surface area (Å²) in [6.07, 6.45) is 0. The van der Waals surface area contributed by atoms with Gasteiger partial charge >= 0.3 is 0 Å². The summed E-state index contributed by atoms with van der Waals surface area (Å²) < 4.78 is 0. The van der Waals surface area contributed by atoms with Crippen molar-refractivity contribution in [2.75, 3.05) is 24.6 Å². The Morgan fingerprint density at radius 1 is 1.20 bits per heavy atom. The second kappa shape index (κ2) is 5.44. The summed E-state index contributed by atoms with van der Waals surface area (Å²) in [6, 6.07) is 8.15. The van der Waals surface area contributed by atoms with Gasteiger partial charge in [0, 0.05) is 30.0 Å². The topological polar surface area (TPSA) is 33.2 Å². The number of carbonyl (C=O) groups is 1. The fourth-order valence-corrected chi connectivity index (χ4v) is 3.43. The number of pyridine rings is 1. The molecule has 0 spiro atoms. The number of rotatable bonds is 1. The zero-order valence-electron chi connectivity index (χ0n) is 11.8. The Kier molecular flexibility index (Phi) is 3.66. The van der Waals surface area contributed by atoms with Crippen molar-refractivity contribution in [3.63, 3.8) is 0 Å². The van der Waals surface area contributed by atoms with Gasteiger partial charge in [0.15, 0.2) is 0 Å². The van der Waals surface area contributed by atoms with Gasteiger partial charge in [-0.2, -0.15) is 11.8 Å². The quantitative estimate of drug-likeness (QED) is 0.808. The van der Waals surface area contributed by atoms with Gasteiger partial charge in [-0.1, -0.05) is 12.1 Å². The smallest absolute Gasteiger partial charge is 0.255 e. The summed E-state index contributed by atoms with van der Waals surface area (Å²) in [5.74, 6) is 2.19. The van der Waals surface area contributed by atoms with E-state index in [1.165, 1.54) is 5.56 Å². The predicted molar refractivity (Wildman–Crippen MR) is 84.4 cm³/mol. The van der Waals surface area contributed by atoms with Crippen LogP contribution < -0.4 is 0 Å². The molecule has 1 aromatic heterocycles. The van der Waals surface area contributed by atoms with Crippen molar-refractivity contribution in [1.29, 1.82) is 0 Å². The fraction of sp³-hybridized carbons (Fsp3) is 0.375. The highest BCUT2D eigenvalue weighted by molar-refractivity contribution is 7.99. The molecule has 3 nitrogen and oxygen atoms in total. The Labute approximate surface area is 123 Å². The zero-order chi connectivity index (χ0) is 14.1. The van der Waals surface area contributed by atoms with E-state index >= 15 is 0 Å². The van der Waals surface area contributed by atoms with Crippen LogP contribution in [0.15, 0.2) is 24.3 Å². The molecule has 0 unspecified atom stereocenters. The first-order valence-corrected chi connectivity index (χ1v) is 8.05. The minimum absolute atomic E-state index is 0.123. The van der Waals surface area contributed by atoms with E-state index in [1.807, 2.05) is 35.7 Å². The van der Waals surface area contributed by atoms with E-state index in [1.54, 1.807) is 0 Å². The number of fused-ring (bicyclic) bond motifs is 1. The highest BCUT2D eigenvalue weighted by Crippen LogP contribution is 2.20. The molecule has 0 aliphatic carbocycles. The third-order valence-electron chi connectivity index (χ3n) is 3.69. The van der Waals surface area contributed by atoms with Crippen molar-refractivity contribution in [2.24, 2.45) is 0 Å². The zero-order valence-corrected chi connectivity index (χ0v) is 12.7. The van der Waals surface area contributed by atoms with Gasteiger partial charge in [0.25, 0.3) is 5.91 Å². The lowest BCUT2D eigenvalue weighted by atomic mass is 10.1. The number of aromatic nitrogens is 1. The van der Waals surface area contributed by atoms with Crippen LogP contribution in [0.4, 0.5) is 0 Å². The Morgan fingerprint density at radius 3 is 2.70 bits per heavy atom. The monoisotopic (exact) mass is 286 g/mol. The number of aryl methyl sites for hydroxylation is 2. The molecule has 0 atom stereocenters. The first-order chi connectivity index (χ1) is 9.65. The number of hydrogen-bond acceptors (Lipinski definition) is 3. The standard InChI is InChI=1S/C16H18N2OS/c1-11-3-4-13-10-14(12(2)17-15(13)9-11)16(19)18-5-7-20-8-6-18/h3-4,9-10H,5-8H2,1-2H3. The van der Waals surface area contributed by atoms with Gasteiger partial charge in [-0.25, -0.2) is 0 Å². The summed E-state index contributed by atoms with van der Waals surface area (Å²) in [6.45, 7) is 5.67. The molecule has 104 valence electrons.